The molecule has 0 radical (unpaired) electrons. The Bertz CT molecular complexity index is 180. The Morgan fingerprint density at radius 1 is 1.25 bits per heavy atom. The van der Waals surface area contributed by atoms with Gasteiger partial charge >= 0.3 is 0 Å². The summed E-state index contributed by atoms with van der Waals surface area (Å²) in [7, 11) is 2.25. The van der Waals surface area contributed by atoms with Gasteiger partial charge in [-0.25, -0.2) is 0 Å². The molecule has 2 heteroatoms. The summed E-state index contributed by atoms with van der Waals surface area (Å²) in [4.78, 5) is 2.46. The summed E-state index contributed by atoms with van der Waals surface area (Å²) in [6, 6.07) is 0.769. The van der Waals surface area contributed by atoms with Crippen molar-refractivity contribution in [1.82, 2.24) is 10.2 Å². The molecular formula is C14H30N2. The van der Waals surface area contributed by atoms with E-state index in [2.05, 4.69) is 38.0 Å². The number of hydrogen-bond donors (Lipinski definition) is 1. The normalized spacial score (nSPS) is 30.9. The second-order valence-corrected chi connectivity index (χ2v) is 5.59. The zero-order valence-electron chi connectivity index (χ0n) is 11.6. The molecule has 1 fully saturated rings. The van der Waals surface area contributed by atoms with Gasteiger partial charge in [-0.2, -0.15) is 0 Å². The van der Waals surface area contributed by atoms with Crippen molar-refractivity contribution in [1.29, 1.82) is 0 Å². The van der Waals surface area contributed by atoms with Crippen LogP contribution in [0.3, 0.4) is 0 Å². The molecule has 3 atom stereocenters. The smallest absolute Gasteiger partial charge is 0.0108 e. The first kappa shape index (κ1) is 14.0. The van der Waals surface area contributed by atoms with E-state index in [1.54, 1.807) is 0 Å². The molecule has 2 nitrogen and oxygen atoms in total. The first-order valence-corrected chi connectivity index (χ1v) is 7.09. The van der Waals surface area contributed by atoms with E-state index >= 15 is 0 Å². The fourth-order valence-corrected chi connectivity index (χ4v) is 2.83. The summed E-state index contributed by atoms with van der Waals surface area (Å²) in [6.45, 7) is 10.5. The van der Waals surface area contributed by atoms with Crippen molar-refractivity contribution >= 4 is 0 Å². The minimum atomic E-state index is 0.769. The van der Waals surface area contributed by atoms with Gasteiger partial charge in [-0.1, -0.05) is 20.8 Å². The van der Waals surface area contributed by atoms with E-state index in [1.807, 2.05) is 0 Å². The van der Waals surface area contributed by atoms with Crippen LogP contribution in [0.4, 0.5) is 0 Å². The van der Waals surface area contributed by atoms with Gasteiger partial charge in [0.15, 0.2) is 0 Å². The number of rotatable bonds is 6. The van der Waals surface area contributed by atoms with Gasteiger partial charge in [-0.05, 0) is 57.7 Å². The lowest BCUT2D eigenvalue weighted by Gasteiger charge is -2.37. The first-order chi connectivity index (χ1) is 7.67. The summed E-state index contributed by atoms with van der Waals surface area (Å²) >= 11 is 0. The molecule has 1 rings (SSSR count). The number of nitrogens with zero attached hydrogens (tertiary/aromatic N) is 1. The van der Waals surface area contributed by atoms with Crippen molar-refractivity contribution in [2.45, 2.75) is 52.5 Å². The van der Waals surface area contributed by atoms with Crippen molar-refractivity contribution in [3.05, 3.63) is 0 Å². The molecule has 0 aliphatic heterocycles. The summed E-state index contributed by atoms with van der Waals surface area (Å²) in [5.41, 5.74) is 0. The molecule has 0 heterocycles. The lowest BCUT2D eigenvalue weighted by Crippen LogP contribution is -2.45. The van der Waals surface area contributed by atoms with Crippen molar-refractivity contribution < 1.29 is 0 Å². The van der Waals surface area contributed by atoms with Crippen molar-refractivity contribution in [3.63, 3.8) is 0 Å². The van der Waals surface area contributed by atoms with Crippen molar-refractivity contribution in [2.75, 3.05) is 26.7 Å². The molecule has 16 heavy (non-hydrogen) atoms. The Morgan fingerprint density at radius 2 is 2.00 bits per heavy atom. The van der Waals surface area contributed by atoms with Crippen LogP contribution >= 0.6 is 0 Å². The van der Waals surface area contributed by atoms with Gasteiger partial charge in [-0.3, -0.25) is 0 Å². The van der Waals surface area contributed by atoms with Crippen LogP contribution in [-0.4, -0.2) is 37.6 Å². The molecule has 3 unspecified atom stereocenters. The highest BCUT2D eigenvalue weighted by Gasteiger charge is 2.28. The lowest BCUT2D eigenvalue weighted by atomic mass is 9.78. The van der Waals surface area contributed by atoms with Gasteiger partial charge in [0.25, 0.3) is 0 Å². The van der Waals surface area contributed by atoms with Crippen LogP contribution in [-0.2, 0) is 0 Å². The van der Waals surface area contributed by atoms with Crippen molar-refractivity contribution in [2.24, 2.45) is 11.8 Å². The molecule has 0 aromatic carbocycles. The second-order valence-electron chi connectivity index (χ2n) is 5.59. The minimum absolute atomic E-state index is 0.769. The van der Waals surface area contributed by atoms with Gasteiger partial charge in [0.2, 0.25) is 0 Å². The molecule has 0 aromatic heterocycles. The predicted molar refractivity (Wildman–Crippen MR) is 71.8 cm³/mol. The maximum absolute atomic E-state index is 3.74. The molecule has 1 N–H and O–H groups in total. The standard InChI is InChI=1S/C14H30N2/c1-5-9-15-14-8-7-12(3)10-13(14)11-16(4)6-2/h12-15H,5-11H2,1-4H3. The van der Waals surface area contributed by atoms with E-state index in [1.165, 1.54) is 45.3 Å². The minimum Gasteiger partial charge on any atom is -0.314 e. The summed E-state index contributed by atoms with van der Waals surface area (Å²) in [5, 5.41) is 3.74. The molecule has 1 aliphatic rings. The number of nitrogens with one attached hydrogen (secondary N) is 1. The van der Waals surface area contributed by atoms with Crippen LogP contribution in [0, 0.1) is 11.8 Å². The maximum Gasteiger partial charge on any atom is 0.0108 e. The maximum atomic E-state index is 3.74. The zero-order chi connectivity index (χ0) is 12.0. The van der Waals surface area contributed by atoms with Gasteiger partial charge in [0.05, 0.1) is 0 Å². The van der Waals surface area contributed by atoms with Crippen LogP contribution in [0.5, 0.6) is 0 Å². The molecule has 0 aromatic rings. The molecule has 0 bridgehead atoms. The molecule has 1 aliphatic carbocycles. The second kappa shape index (κ2) is 7.29. The van der Waals surface area contributed by atoms with Crippen LogP contribution in [0.25, 0.3) is 0 Å². The molecule has 1 saturated carbocycles. The lowest BCUT2D eigenvalue weighted by molar-refractivity contribution is 0.163. The highest BCUT2D eigenvalue weighted by molar-refractivity contribution is 4.84. The van der Waals surface area contributed by atoms with E-state index in [9.17, 15) is 0 Å². The molecular weight excluding hydrogens is 196 g/mol. The van der Waals surface area contributed by atoms with Gasteiger partial charge in [0, 0.05) is 12.6 Å². The summed E-state index contributed by atoms with van der Waals surface area (Å²) < 4.78 is 0. The van der Waals surface area contributed by atoms with Gasteiger partial charge in [-0.15, -0.1) is 0 Å². The Hall–Kier alpha value is -0.0800. The Balaban J connectivity index is 2.44. The van der Waals surface area contributed by atoms with E-state index < -0.39 is 0 Å². The monoisotopic (exact) mass is 226 g/mol. The summed E-state index contributed by atoms with van der Waals surface area (Å²) in [5.74, 6) is 1.79. The summed E-state index contributed by atoms with van der Waals surface area (Å²) in [6.07, 6.45) is 5.45. The predicted octanol–water partition coefficient (Wildman–Crippen LogP) is 2.74. The van der Waals surface area contributed by atoms with E-state index in [0.717, 1.165) is 17.9 Å². The highest BCUT2D eigenvalue weighted by atomic mass is 15.1. The highest BCUT2D eigenvalue weighted by Crippen LogP contribution is 2.29. The Morgan fingerprint density at radius 3 is 2.62 bits per heavy atom. The third-order valence-corrected chi connectivity index (χ3v) is 3.99. The fourth-order valence-electron chi connectivity index (χ4n) is 2.83. The SMILES string of the molecule is CCCNC1CCC(C)CC1CN(C)CC. The quantitative estimate of drug-likeness (QED) is 0.749. The Kier molecular flexibility index (Phi) is 6.37. The fraction of sp³-hybridized carbons (Fsp3) is 1.00. The zero-order valence-corrected chi connectivity index (χ0v) is 11.6. The van der Waals surface area contributed by atoms with Crippen LogP contribution < -0.4 is 5.32 Å². The molecule has 0 spiro atoms. The Labute approximate surface area is 102 Å². The number of hydrogen-bond acceptors (Lipinski definition) is 2. The third kappa shape index (κ3) is 4.42. The average Bonchev–Trinajstić information content (AvgIpc) is 2.28. The van der Waals surface area contributed by atoms with E-state index in [4.69, 9.17) is 0 Å². The van der Waals surface area contributed by atoms with E-state index in [0.29, 0.717) is 0 Å². The third-order valence-electron chi connectivity index (χ3n) is 3.99. The molecule has 96 valence electrons. The van der Waals surface area contributed by atoms with Crippen molar-refractivity contribution in [3.8, 4) is 0 Å². The molecule has 0 saturated heterocycles. The molecule has 0 amide bonds. The largest absolute Gasteiger partial charge is 0.314 e. The van der Waals surface area contributed by atoms with Gasteiger partial charge < -0.3 is 10.2 Å². The van der Waals surface area contributed by atoms with Gasteiger partial charge in [0.1, 0.15) is 0 Å². The first-order valence-electron chi connectivity index (χ1n) is 7.09. The van der Waals surface area contributed by atoms with Crippen LogP contribution in [0.2, 0.25) is 0 Å². The topological polar surface area (TPSA) is 15.3 Å². The van der Waals surface area contributed by atoms with Crippen LogP contribution in [0.15, 0.2) is 0 Å². The van der Waals surface area contributed by atoms with Crippen LogP contribution in [0.1, 0.15) is 46.5 Å². The average molecular weight is 226 g/mol. The van der Waals surface area contributed by atoms with E-state index in [-0.39, 0.29) is 0 Å².